The van der Waals surface area contributed by atoms with E-state index in [1.54, 1.807) is 30.5 Å². The van der Waals surface area contributed by atoms with Crippen molar-refractivity contribution in [2.75, 3.05) is 25.1 Å². The highest BCUT2D eigenvalue weighted by atomic mass is 32.1. The molecule has 1 amide bonds. The number of nitrogens with one attached hydrogen (secondary N) is 2. The molecule has 0 bridgehead atoms. The maximum absolute atomic E-state index is 13.4. The number of hydrogen-bond acceptors (Lipinski definition) is 5. The minimum absolute atomic E-state index is 0.0589. The Hall–Kier alpha value is -2.88. The molecular formula is C20H21FN4O3S. The molecule has 0 aliphatic heterocycles. The van der Waals surface area contributed by atoms with Crippen LogP contribution in [0.3, 0.4) is 0 Å². The van der Waals surface area contributed by atoms with Crippen molar-refractivity contribution >= 4 is 23.9 Å². The molecular weight excluding hydrogens is 395 g/mol. The number of imidazole rings is 1. The van der Waals surface area contributed by atoms with Crippen molar-refractivity contribution in [3.63, 3.8) is 0 Å². The third kappa shape index (κ3) is 5.14. The monoisotopic (exact) mass is 416 g/mol. The summed E-state index contributed by atoms with van der Waals surface area (Å²) in [6.45, 7) is 2.39. The van der Waals surface area contributed by atoms with E-state index in [1.807, 2.05) is 4.57 Å². The number of carbonyl (C=O) groups is 1. The summed E-state index contributed by atoms with van der Waals surface area (Å²) in [5.41, 5.74) is 3.03. The molecule has 0 aliphatic carbocycles. The lowest BCUT2D eigenvalue weighted by molar-refractivity contribution is -0.114. The first-order chi connectivity index (χ1) is 14.0. The second-order valence-corrected chi connectivity index (χ2v) is 6.65. The van der Waals surface area contributed by atoms with Crippen molar-refractivity contribution in [2.45, 2.75) is 13.5 Å². The van der Waals surface area contributed by atoms with Crippen molar-refractivity contribution in [2.24, 2.45) is 0 Å². The summed E-state index contributed by atoms with van der Waals surface area (Å²) in [6.07, 6.45) is 1.59. The predicted molar refractivity (Wildman–Crippen MR) is 110 cm³/mol. The first kappa shape index (κ1) is 20.8. The number of benzene rings is 1. The van der Waals surface area contributed by atoms with E-state index in [0.717, 1.165) is 22.5 Å². The van der Waals surface area contributed by atoms with Crippen LogP contribution in [0.25, 0.3) is 22.5 Å². The minimum atomic E-state index is -0.331. The number of ether oxygens (including phenoxy) is 1. The number of rotatable bonds is 8. The van der Waals surface area contributed by atoms with Gasteiger partial charge in [-0.25, -0.2) is 9.37 Å². The Morgan fingerprint density at radius 2 is 2.03 bits per heavy atom. The molecule has 29 heavy (non-hydrogen) atoms. The summed E-state index contributed by atoms with van der Waals surface area (Å²) < 4.78 is 21.1. The van der Waals surface area contributed by atoms with Gasteiger partial charge in [0.1, 0.15) is 11.6 Å². The first-order valence-electron chi connectivity index (χ1n) is 9.01. The Kier molecular flexibility index (Phi) is 6.86. The summed E-state index contributed by atoms with van der Waals surface area (Å²) in [5.74, 6) is -0.144. The van der Waals surface area contributed by atoms with E-state index in [0.29, 0.717) is 23.7 Å². The van der Waals surface area contributed by atoms with Crippen LogP contribution in [0, 0.1) is 10.6 Å². The fraction of sp³-hybridized carbons (Fsp3) is 0.250. The SMILES string of the molecule is CC(=O)Nc1cc(-c2c(-c3ccc(F)cc3)[nH]c(=S)n2CCOCCO)ccn1. The first-order valence-corrected chi connectivity index (χ1v) is 9.42. The number of halogens is 1. The van der Waals surface area contributed by atoms with Gasteiger partial charge in [0.05, 0.1) is 31.2 Å². The number of carbonyl (C=O) groups excluding carboxylic acids is 1. The maximum atomic E-state index is 13.4. The fourth-order valence-electron chi connectivity index (χ4n) is 2.96. The predicted octanol–water partition coefficient (Wildman–Crippen LogP) is 3.38. The number of anilines is 1. The summed E-state index contributed by atoms with van der Waals surface area (Å²) >= 11 is 5.51. The standard InChI is InChI=1S/C20H21FN4O3S/c1-13(27)23-17-12-15(6-7-22-17)19-18(14-2-4-16(21)5-3-14)24-20(29)25(19)8-10-28-11-9-26/h2-7,12,26H,8-11H2,1H3,(H,24,29)(H,22,23,27). The molecule has 7 nitrogen and oxygen atoms in total. The zero-order valence-electron chi connectivity index (χ0n) is 15.8. The van der Waals surface area contributed by atoms with Crippen LogP contribution < -0.4 is 5.32 Å². The summed E-state index contributed by atoms with van der Waals surface area (Å²) in [4.78, 5) is 18.8. The zero-order valence-corrected chi connectivity index (χ0v) is 16.6. The molecule has 152 valence electrons. The number of aromatic nitrogens is 3. The second kappa shape index (κ2) is 9.55. The number of H-pyrrole nitrogens is 1. The van der Waals surface area contributed by atoms with E-state index < -0.39 is 0 Å². The zero-order chi connectivity index (χ0) is 20.8. The van der Waals surface area contributed by atoms with Gasteiger partial charge in [0.25, 0.3) is 0 Å². The fourth-order valence-corrected chi connectivity index (χ4v) is 3.24. The van der Waals surface area contributed by atoms with E-state index in [4.69, 9.17) is 22.1 Å². The third-order valence-electron chi connectivity index (χ3n) is 4.15. The normalized spacial score (nSPS) is 10.9. The molecule has 0 atom stereocenters. The van der Waals surface area contributed by atoms with Gasteiger partial charge < -0.3 is 24.7 Å². The molecule has 0 aliphatic rings. The Labute approximate surface area is 172 Å². The molecule has 9 heteroatoms. The Balaban J connectivity index is 2.09. The highest BCUT2D eigenvalue weighted by Crippen LogP contribution is 2.33. The number of aliphatic hydroxyl groups excluding tert-OH is 1. The van der Waals surface area contributed by atoms with Gasteiger partial charge in [-0.1, -0.05) is 0 Å². The van der Waals surface area contributed by atoms with Crippen LogP contribution in [0.5, 0.6) is 0 Å². The lowest BCUT2D eigenvalue weighted by atomic mass is 10.1. The van der Waals surface area contributed by atoms with E-state index in [2.05, 4.69) is 15.3 Å². The summed E-state index contributed by atoms with van der Waals surface area (Å²) in [7, 11) is 0. The van der Waals surface area contributed by atoms with E-state index in [9.17, 15) is 9.18 Å². The maximum Gasteiger partial charge on any atom is 0.222 e. The van der Waals surface area contributed by atoms with E-state index in [1.165, 1.54) is 19.1 Å². The lowest BCUT2D eigenvalue weighted by Gasteiger charge is -2.12. The Morgan fingerprint density at radius 1 is 1.28 bits per heavy atom. The van der Waals surface area contributed by atoms with Gasteiger partial charge >= 0.3 is 0 Å². The van der Waals surface area contributed by atoms with Gasteiger partial charge in [-0.15, -0.1) is 0 Å². The smallest absolute Gasteiger partial charge is 0.222 e. The largest absolute Gasteiger partial charge is 0.394 e. The number of hydrogen-bond donors (Lipinski definition) is 3. The van der Waals surface area contributed by atoms with Crippen LogP contribution in [0.15, 0.2) is 42.6 Å². The van der Waals surface area contributed by atoms with Crippen LogP contribution in [0.4, 0.5) is 10.2 Å². The van der Waals surface area contributed by atoms with Crippen molar-refractivity contribution in [3.05, 3.63) is 53.2 Å². The highest BCUT2D eigenvalue weighted by molar-refractivity contribution is 7.71. The number of pyridine rings is 1. The molecule has 0 fully saturated rings. The van der Waals surface area contributed by atoms with Crippen molar-refractivity contribution in [1.82, 2.24) is 14.5 Å². The molecule has 2 aromatic heterocycles. The van der Waals surface area contributed by atoms with Crippen LogP contribution in [0.1, 0.15) is 6.92 Å². The average molecular weight is 416 g/mol. The van der Waals surface area contributed by atoms with Crippen molar-refractivity contribution in [3.8, 4) is 22.5 Å². The van der Waals surface area contributed by atoms with Crippen molar-refractivity contribution < 1.29 is 19.0 Å². The van der Waals surface area contributed by atoms with Gasteiger partial charge in [-0.2, -0.15) is 0 Å². The van der Waals surface area contributed by atoms with Crippen molar-refractivity contribution in [1.29, 1.82) is 0 Å². The third-order valence-corrected chi connectivity index (χ3v) is 4.47. The molecule has 3 aromatic rings. The van der Waals surface area contributed by atoms with Crippen LogP contribution in [-0.2, 0) is 16.1 Å². The molecule has 3 N–H and O–H groups in total. The molecule has 3 rings (SSSR count). The molecule has 0 saturated carbocycles. The van der Waals surface area contributed by atoms with Crippen LogP contribution in [0.2, 0.25) is 0 Å². The number of aliphatic hydroxyl groups is 1. The average Bonchev–Trinajstić information content (AvgIpc) is 3.02. The van der Waals surface area contributed by atoms with Gasteiger partial charge in [0.15, 0.2) is 4.77 Å². The number of nitrogens with zero attached hydrogens (tertiary/aromatic N) is 2. The lowest BCUT2D eigenvalue weighted by Crippen LogP contribution is -2.10. The molecule has 2 heterocycles. The van der Waals surface area contributed by atoms with Gasteiger partial charge in [-0.05, 0) is 48.6 Å². The van der Waals surface area contributed by atoms with E-state index >= 15 is 0 Å². The molecule has 1 aromatic carbocycles. The molecule has 0 unspecified atom stereocenters. The molecule has 0 spiro atoms. The van der Waals surface area contributed by atoms with Crippen LogP contribution >= 0.6 is 12.2 Å². The number of amides is 1. The Morgan fingerprint density at radius 3 is 2.72 bits per heavy atom. The quantitative estimate of drug-likeness (QED) is 0.387. The van der Waals surface area contributed by atoms with Gasteiger partial charge in [0, 0.05) is 30.8 Å². The molecule has 0 radical (unpaired) electrons. The van der Waals surface area contributed by atoms with Gasteiger partial charge in [0.2, 0.25) is 5.91 Å². The van der Waals surface area contributed by atoms with Crippen LogP contribution in [-0.4, -0.2) is 45.4 Å². The minimum Gasteiger partial charge on any atom is -0.394 e. The summed E-state index contributed by atoms with van der Waals surface area (Å²) in [5, 5.41) is 11.6. The topological polar surface area (TPSA) is 92.2 Å². The summed E-state index contributed by atoms with van der Waals surface area (Å²) in [6, 6.07) is 9.66. The Bertz CT molecular complexity index is 1050. The van der Waals surface area contributed by atoms with Gasteiger partial charge in [-0.3, -0.25) is 4.79 Å². The van der Waals surface area contributed by atoms with E-state index in [-0.39, 0.29) is 24.9 Å². The second-order valence-electron chi connectivity index (χ2n) is 6.26. The molecule has 0 saturated heterocycles. The highest BCUT2D eigenvalue weighted by Gasteiger charge is 2.17. The number of aromatic amines is 1.